The van der Waals surface area contributed by atoms with Crippen molar-refractivity contribution in [3.8, 4) is 0 Å². The van der Waals surface area contributed by atoms with Gasteiger partial charge in [0.2, 0.25) is 0 Å². The first-order chi connectivity index (χ1) is 16.0. The first-order valence-corrected chi connectivity index (χ1v) is 14.3. The minimum absolute atomic E-state index is 0.0126. The Morgan fingerprint density at radius 2 is 1.57 bits per heavy atom. The summed E-state index contributed by atoms with van der Waals surface area (Å²) in [6, 6.07) is 0. The fourth-order valence-electron chi connectivity index (χ4n) is 12.0. The van der Waals surface area contributed by atoms with Crippen LogP contribution in [-0.2, 0) is 9.53 Å². The molecule has 6 aliphatic rings. The zero-order valence-electron chi connectivity index (χ0n) is 23.0. The molecule has 11 atom stereocenters. The largest absolute Gasteiger partial charge is 0.393 e. The van der Waals surface area contributed by atoms with Crippen LogP contribution in [0.15, 0.2) is 0 Å². The maximum atomic E-state index is 12.9. The number of carbonyl (C=O) groups is 1. The van der Waals surface area contributed by atoms with Crippen molar-refractivity contribution in [2.75, 3.05) is 0 Å². The summed E-state index contributed by atoms with van der Waals surface area (Å²) in [5.74, 6) is 0.756. The van der Waals surface area contributed by atoms with Crippen LogP contribution in [0.25, 0.3) is 0 Å². The van der Waals surface area contributed by atoms with Crippen LogP contribution in [0.3, 0.4) is 0 Å². The fourth-order valence-corrected chi connectivity index (χ4v) is 12.0. The molecule has 6 rings (SSSR count). The second-order valence-corrected chi connectivity index (χ2v) is 15.7. The zero-order chi connectivity index (χ0) is 25.6. The number of hydrogen-bond acceptors (Lipinski definition) is 5. The van der Waals surface area contributed by atoms with Crippen molar-refractivity contribution < 1.29 is 24.9 Å². The summed E-state index contributed by atoms with van der Waals surface area (Å²) >= 11 is 0. The van der Waals surface area contributed by atoms with E-state index >= 15 is 0 Å². The molecule has 0 bridgehead atoms. The van der Waals surface area contributed by atoms with Crippen molar-refractivity contribution in [2.24, 2.45) is 44.8 Å². The summed E-state index contributed by atoms with van der Waals surface area (Å²) in [7, 11) is 0. The summed E-state index contributed by atoms with van der Waals surface area (Å²) in [6.07, 6.45) is 6.97. The molecule has 1 heterocycles. The molecule has 2 unspecified atom stereocenters. The molecule has 198 valence electrons. The molecular weight excluding hydrogens is 440 g/mol. The van der Waals surface area contributed by atoms with Crippen molar-refractivity contribution in [1.82, 2.24) is 0 Å². The topological polar surface area (TPSA) is 87.0 Å². The Morgan fingerprint density at radius 1 is 0.886 bits per heavy atom. The number of aliphatic hydroxyl groups is 3. The van der Waals surface area contributed by atoms with Gasteiger partial charge in [0.1, 0.15) is 5.78 Å². The van der Waals surface area contributed by atoms with Gasteiger partial charge in [-0.25, -0.2) is 0 Å². The number of hydrogen-bond donors (Lipinski definition) is 3. The second kappa shape index (κ2) is 6.74. The van der Waals surface area contributed by atoms with Crippen LogP contribution in [0.2, 0.25) is 0 Å². The molecule has 0 aromatic rings. The van der Waals surface area contributed by atoms with E-state index in [0.717, 1.165) is 51.4 Å². The van der Waals surface area contributed by atoms with Crippen molar-refractivity contribution >= 4 is 5.78 Å². The van der Waals surface area contributed by atoms with Crippen LogP contribution in [0.4, 0.5) is 0 Å². The first kappa shape index (κ1) is 24.8. The zero-order valence-corrected chi connectivity index (χ0v) is 23.0. The van der Waals surface area contributed by atoms with Gasteiger partial charge in [0, 0.05) is 23.7 Å². The van der Waals surface area contributed by atoms with Crippen LogP contribution in [0.1, 0.15) is 106 Å². The monoisotopic (exact) mass is 488 g/mol. The molecular formula is C30H48O5. The first-order valence-electron chi connectivity index (χ1n) is 14.3. The molecule has 2 spiro atoms. The molecule has 5 saturated carbocycles. The molecule has 0 amide bonds. The third kappa shape index (κ3) is 2.72. The highest BCUT2D eigenvalue weighted by molar-refractivity contribution is 5.86. The molecule has 5 heteroatoms. The maximum absolute atomic E-state index is 12.9. The Hall–Kier alpha value is -0.490. The SMILES string of the molecule is CC1(C)C(=O)CC[C@]23C[C@]24CC[C@]2(C)[C@@H]([C@@]5(C)CC[C@@H](C(C)(C)O)O5)[C@@H](O)C[C@@]2(C)C4C[C@H](O)C13. The van der Waals surface area contributed by atoms with Gasteiger partial charge in [-0.2, -0.15) is 0 Å². The summed E-state index contributed by atoms with van der Waals surface area (Å²) < 4.78 is 6.65. The van der Waals surface area contributed by atoms with E-state index in [1.807, 2.05) is 13.8 Å². The van der Waals surface area contributed by atoms with Crippen LogP contribution in [0, 0.1) is 44.8 Å². The minimum Gasteiger partial charge on any atom is -0.393 e. The lowest BCUT2D eigenvalue weighted by Crippen LogP contribution is -2.61. The van der Waals surface area contributed by atoms with Crippen LogP contribution >= 0.6 is 0 Å². The van der Waals surface area contributed by atoms with E-state index in [1.165, 1.54) is 0 Å². The van der Waals surface area contributed by atoms with Gasteiger partial charge < -0.3 is 20.1 Å². The highest BCUT2D eigenvalue weighted by Gasteiger charge is 2.84. The van der Waals surface area contributed by atoms with Gasteiger partial charge in [0.25, 0.3) is 0 Å². The second-order valence-electron chi connectivity index (χ2n) is 15.7. The van der Waals surface area contributed by atoms with Crippen molar-refractivity contribution in [3.05, 3.63) is 0 Å². The van der Waals surface area contributed by atoms with Crippen molar-refractivity contribution in [1.29, 1.82) is 0 Å². The maximum Gasteiger partial charge on any atom is 0.138 e. The number of aliphatic hydroxyl groups excluding tert-OH is 2. The Bertz CT molecular complexity index is 953. The Morgan fingerprint density at radius 3 is 2.20 bits per heavy atom. The average Bonchev–Trinajstić information content (AvgIpc) is 3.08. The summed E-state index contributed by atoms with van der Waals surface area (Å²) in [6.45, 7) is 14.8. The van der Waals surface area contributed by atoms with Crippen molar-refractivity contribution in [2.45, 2.75) is 136 Å². The van der Waals surface area contributed by atoms with E-state index in [4.69, 9.17) is 4.74 Å². The quantitative estimate of drug-likeness (QED) is 0.527. The number of ether oxygens (including phenoxy) is 1. The lowest BCUT2D eigenvalue weighted by Gasteiger charge is -2.63. The van der Waals surface area contributed by atoms with E-state index in [2.05, 4.69) is 34.6 Å². The van der Waals surface area contributed by atoms with Gasteiger partial charge in [-0.1, -0.05) is 27.7 Å². The van der Waals surface area contributed by atoms with Gasteiger partial charge >= 0.3 is 0 Å². The molecule has 5 nitrogen and oxygen atoms in total. The fraction of sp³-hybridized carbons (Fsp3) is 0.967. The van der Waals surface area contributed by atoms with Crippen molar-refractivity contribution in [3.63, 3.8) is 0 Å². The third-order valence-electron chi connectivity index (χ3n) is 13.5. The smallest absolute Gasteiger partial charge is 0.138 e. The Kier molecular flexibility index (Phi) is 4.78. The number of carbonyl (C=O) groups excluding carboxylic acids is 1. The van der Waals surface area contributed by atoms with Crippen LogP contribution < -0.4 is 0 Å². The van der Waals surface area contributed by atoms with Crippen LogP contribution in [-0.4, -0.2) is 50.6 Å². The lowest BCUT2D eigenvalue weighted by atomic mass is 9.41. The van der Waals surface area contributed by atoms with Gasteiger partial charge in [-0.05, 0) is 99.7 Å². The number of ketones is 1. The number of rotatable bonds is 2. The lowest BCUT2D eigenvalue weighted by molar-refractivity contribution is -0.203. The normalized spacial score (nSPS) is 58.9. The molecule has 35 heavy (non-hydrogen) atoms. The molecule has 1 saturated heterocycles. The van der Waals surface area contributed by atoms with E-state index < -0.39 is 28.8 Å². The molecule has 3 N–H and O–H groups in total. The molecule has 0 radical (unpaired) electrons. The molecule has 1 aliphatic heterocycles. The van der Waals surface area contributed by atoms with E-state index in [-0.39, 0.29) is 39.6 Å². The van der Waals surface area contributed by atoms with Gasteiger partial charge in [0.05, 0.1) is 29.5 Å². The Labute approximate surface area is 211 Å². The van der Waals surface area contributed by atoms with Gasteiger partial charge in [-0.3, -0.25) is 4.79 Å². The molecule has 5 aliphatic carbocycles. The van der Waals surface area contributed by atoms with E-state index in [1.54, 1.807) is 0 Å². The molecule has 6 fully saturated rings. The average molecular weight is 489 g/mol. The number of fused-ring (bicyclic) bond motifs is 2. The summed E-state index contributed by atoms with van der Waals surface area (Å²) in [5.41, 5.74) is -1.71. The summed E-state index contributed by atoms with van der Waals surface area (Å²) in [5, 5.41) is 34.0. The van der Waals surface area contributed by atoms with E-state index in [0.29, 0.717) is 18.1 Å². The Balaban J connectivity index is 1.37. The van der Waals surface area contributed by atoms with Gasteiger partial charge in [0.15, 0.2) is 0 Å². The standard InChI is InChI=1S/C30H48O5/c1-24(2)20(33)8-11-30-16-29(30)13-12-26(5)23(28(7)10-9-21(35-28)25(3,4)34)18(32)15-27(26,6)19(29)14-17(31)22(24)30/h17-19,21-23,31-32,34H,8-16H2,1-7H3/t17-,18-,19?,21-,22?,23-,26+,27-,28+,29-,30+/m0/s1. The highest BCUT2D eigenvalue weighted by atomic mass is 16.5. The molecule has 0 aromatic heterocycles. The molecule has 0 aromatic carbocycles. The minimum atomic E-state index is -0.893. The third-order valence-corrected chi connectivity index (χ3v) is 13.5. The van der Waals surface area contributed by atoms with E-state index in [9.17, 15) is 20.1 Å². The van der Waals surface area contributed by atoms with Gasteiger partial charge in [-0.15, -0.1) is 0 Å². The number of Topliss-reactive ketones (excluding diaryl/α,β-unsaturated/α-hetero) is 1. The predicted molar refractivity (Wildman–Crippen MR) is 133 cm³/mol. The summed E-state index contributed by atoms with van der Waals surface area (Å²) in [4.78, 5) is 12.9. The predicted octanol–water partition coefficient (Wildman–Crippen LogP) is 4.64. The van der Waals surface area contributed by atoms with Crippen LogP contribution in [0.5, 0.6) is 0 Å². The highest BCUT2D eigenvalue weighted by Crippen LogP contribution is 2.89.